The third kappa shape index (κ3) is 3.54. The van der Waals surface area contributed by atoms with Gasteiger partial charge in [-0.25, -0.2) is 8.42 Å². The van der Waals surface area contributed by atoms with Crippen molar-refractivity contribution < 1.29 is 23.1 Å². The summed E-state index contributed by atoms with van der Waals surface area (Å²) in [6.45, 7) is 2.11. The predicted octanol–water partition coefficient (Wildman–Crippen LogP) is 1.50. The third-order valence-electron chi connectivity index (χ3n) is 3.30. The number of hydrogen-bond donors (Lipinski definition) is 1. The van der Waals surface area contributed by atoms with Gasteiger partial charge in [0.2, 0.25) is 10.0 Å². The molecule has 0 radical (unpaired) electrons. The zero-order valence-electron chi connectivity index (χ0n) is 11.9. The highest BCUT2D eigenvalue weighted by atomic mass is 32.2. The zero-order valence-corrected chi connectivity index (χ0v) is 12.7. The lowest BCUT2D eigenvalue weighted by Crippen LogP contribution is -2.36. The molecule has 0 atom stereocenters. The predicted molar refractivity (Wildman–Crippen MR) is 76.9 cm³/mol. The first-order valence-electron chi connectivity index (χ1n) is 6.93. The second kappa shape index (κ2) is 6.44. The summed E-state index contributed by atoms with van der Waals surface area (Å²) in [5, 5.41) is 8.89. The lowest BCUT2D eigenvalue weighted by molar-refractivity contribution is -0.137. The van der Waals surface area contributed by atoms with Crippen LogP contribution in [0.5, 0.6) is 5.75 Å². The molecule has 1 aromatic rings. The van der Waals surface area contributed by atoms with Crippen LogP contribution in [0.15, 0.2) is 23.1 Å². The Hall–Kier alpha value is -1.60. The molecule has 1 aliphatic rings. The lowest BCUT2D eigenvalue weighted by Gasteiger charge is -2.22. The van der Waals surface area contributed by atoms with E-state index in [1.165, 1.54) is 6.07 Å². The van der Waals surface area contributed by atoms with Crippen molar-refractivity contribution in [1.29, 1.82) is 0 Å². The number of fused-ring (bicyclic) bond motifs is 1. The van der Waals surface area contributed by atoms with Crippen LogP contribution in [0.3, 0.4) is 0 Å². The van der Waals surface area contributed by atoms with E-state index in [0.717, 1.165) is 22.7 Å². The van der Waals surface area contributed by atoms with Crippen molar-refractivity contribution in [3.05, 3.63) is 23.8 Å². The van der Waals surface area contributed by atoms with Crippen LogP contribution < -0.4 is 4.74 Å². The quantitative estimate of drug-likeness (QED) is 0.860. The molecular weight excluding hydrogens is 294 g/mol. The van der Waals surface area contributed by atoms with Crippen molar-refractivity contribution in [2.45, 2.75) is 31.1 Å². The van der Waals surface area contributed by atoms with Gasteiger partial charge in [-0.2, -0.15) is 4.31 Å². The van der Waals surface area contributed by atoms with Crippen LogP contribution >= 0.6 is 0 Å². The molecule has 0 aromatic heterocycles. The van der Waals surface area contributed by atoms with E-state index in [9.17, 15) is 13.2 Å². The first kappa shape index (κ1) is 15.8. The van der Waals surface area contributed by atoms with Crippen LogP contribution in [0.2, 0.25) is 0 Å². The summed E-state index contributed by atoms with van der Waals surface area (Å²) in [6, 6.07) is 4.71. The van der Waals surface area contributed by atoms with E-state index in [4.69, 9.17) is 9.84 Å². The summed E-state index contributed by atoms with van der Waals surface area (Å²) in [4.78, 5) is 11.0. The maximum atomic E-state index is 12.6. The van der Waals surface area contributed by atoms with Crippen molar-refractivity contribution in [1.82, 2.24) is 4.31 Å². The fraction of sp³-hybridized carbons (Fsp3) is 0.500. The number of hydrogen-bond acceptors (Lipinski definition) is 4. The molecule has 0 amide bonds. The number of nitrogens with zero attached hydrogens (tertiary/aromatic N) is 1. The van der Waals surface area contributed by atoms with Gasteiger partial charge in [0.25, 0.3) is 0 Å². The van der Waals surface area contributed by atoms with Crippen molar-refractivity contribution >= 4 is 16.0 Å². The minimum Gasteiger partial charge on any atom is -0.493 e. The summed E-state index contributed by atoms with van der Waals surface area (Å²) >= 11 is 0. The average Bonchev–Trinajstić information content (AvgIpc) is 2.46. The summed E-state index contributed by atoms with van der Waals surface area (Å²) in [5.74, 6) is -0.450. The molecule has 0 spiro atoms. The molecule has 0 aliphatic carbocycles. The van der Waals surface area contributed by atoms with E-state index >= 15 is 0 Å². The highest BCUT2D eigenvalue weighted by Crippen LogP contribution is 2.28. The van der Waals surface area contributed by atoms with E-state index in [0.29, 0.717) is 18.8 Å². The number of rotatable bonds is 6. The molecule has 1 aliphatic heterocycles. The minimum absolute atomic E-state index is 0.126. The first-order valence-corrected chi connectivity index (χ1v) is 8.37. The van der Waals surface area contributed by atoms with Crippen LogP contribution in [-0.2, 0) is 21.2 Å². The number of ether oxygens (including phenoxy) is 1. The van der Waals surface area contributed by atoms with Crippen LogP contribution in [0.1, 0.15) is 25.3 Å². The van der Waals surface area contributed by atoms with Crippen LogP contribution in [0.4, 0.5) is 0 Å². The molecule has 6 nitrogen and oxygen atoms in total. The van der Waals surface area contributed by atoms with Crippen molar-refractivity contribution in [3.63, 3.8) is 0 Å². The smallest absolute Gasteiger partial charge is 0.318 e. The number of carboxylic acid groups (broad SMARTS) is 1. The maximum Gasteiger partial charge on any atom is 0.318 e. The van der Waals surface area contributed by atoms with E-state index in [1.807, 2.05) is 6.92 Å². The number of carbonyl (C=O) groups is 1. The number of benzene rings is 1. The molecule has 116 valence electrons. The Balaban J connectivity index is 2.34. The Morgan fingerprint density at radius 1 is 1.43 bits per heavy atom. The molecule has 0 fully saturated rings. The van der Waals surface area contributed by atoms with Crippen LogP contribution in [-0.4, -0.2) is 43.5 Å². The number of aryl methyl sites for hydroxylation is 1. The Morgan fingerprint density at radius 2 is 2.19 bits per heavy atom. The van der Waals surface area contributed by atoms with Gasteiger partial charge in [-0.15, -0.1) is 0 Å². The minimum atomic E-state index is -3.79. The Labute approximate surface area is 124 Å². The Kier molecular flexibility index (Phi) is 4.84. The molecule has 0 saturated carbocycles. The average molecular weight is 313 g/mol. The van der Waals surface area contributed by atoms with Crippen molar-refractivity contribution in [2.75, 3.05) is 19.7 Å². The third-order valence-corrected chi connectivity index (χ3v) is 5.14. The summed E-state index contributed by atoms with van der Waals surface area (Å²) < 4.78 is 31.6. The molecule has 7 heteroatoms. The van der Waals surface area contributed by atoms with Gasteiger partial charge < -0.3 is 9.84 Å². The van der Waals surface area contributed by atoms with Gasteiger partial charge in [0.15, 0.2) is 0 Å². The van der Waals surface area contributed by atoms with Gasteiger partial charge in [-0.05, 0) is 43.0 Å². The van der Waals surface area contributed by atoms with Gasteiger partial charge in [-0.3, -0.25) is 4.79 Å². The Morgan fingerprint density at radius 3 is 2.86 bits per heavy atom. The summed E-state index contributed by atoms with van der Waals surface area (Å²) in [5.41, 5.74) is 0.856. The zero-order chi connectivity index (χ0) is 15.5. The van der Waals surface area contributed by atoms with E-state index in [2.05, 4.69) is 0 Å². The molecule has 0 unspecified atom stereocenters. The van der Waals surface area contributed by atoms with Crippen molar-refractivity contribution in [3.8, 4) is 5.75 Å². The monoisotopic (exact) mass is 313 g/mol. The summed E-state index contributed by atoms with van der Waals surface area (Å²) in [7, 11) is -3.79. The molecule has 1 N–H and O–H groups in total. The molecule has 0 saturated heterocycles. The maximum absolute atomic E-state index is 12.6. The molecule has 0 bridgehead atoms. The van der Waals surface area contributed by atoms with Crippen LogP contribution in [0, 0.1) is 0 Å². The molecule has 2 rings (SSSR count). The lowest BCUT2D eigenvalue weighted by atomic mass is 10.1. The first-order chi connectivity index (χ1) is 9.95. The number of aliphatic carboxylic acids is 1. The standard InChI is InChI=1S/C14H19NO5S/c1-2-7-15(10-14(16)17)21(18,19)12-5-6-13-11(9-12)4-3-8-20-13/h5-6,9H,2-4,7-8,10H2,1H3,(H,16,17). The normalized spacial score (nSPS) is 14.6. The van der Waals surface area contributed by atoms with E-state index < -0.39 is 22.5 Å². The fourth-order valence-corrected chi connectivity index (χ4v) is 3.86. The molecule has 1 heterocycles. The van der Waals surface area contributed by atoms with Gasteiger partial charge in [0.05, 0.1) is 11.5 Å². The second-order valence-electron chi connectivity index (χ2n) is 4.95. The highest BCUT2D eigenvalue weighted by molar-refractivity contribution is 7.89. The molecule has 1 aromatic carbocycles. The largest absolute Gasteiger partial charge is 0.493 e. The fourth-order valence-electron chi connectivity index (χ4n) is 2.33. The number of sulfonamides is 1. The van der Waals surface area contributed by atoms with E-state index in [-0.39, 0.29) is 11.4 Å². The van der Waals surface area contributed by atoms with Crippen molar-refractivity contribution in [2.24, 2.45) is 0 Å². The van der Waals surface area contributed by atoms with E-state index in [1.54, 1.807) is 12.1 Å². The highest BCUT2D eigenvalue weighted by Gasteiger charge is 2.27. The summed E-state index contributed by atoms with van der Waals surface area (Å²) in [6.07, 6.45) is 2.18. The number of carboxylic acids is 1. The Bertz CT molecular complexity index is 626. The topological polar surface area (TPSA) is 83.9 Å². The SMILES string of the molecule is CCCN(CC(=O)O)S(=O)(=O)c1ccc2c(c1)CCCO2. The van der Waals surface area contributed by atoms with Gasteiger partial charge in [-0.1, -0.05) is 6.92 Å². The van der Waals surface area contributed by atoms with Crippen LogP contribution in [0.25, 0.3) is 0 Å². The van der Waals surface area contributed by atoms with Gasteiger partial charge >= 0.3 is 5.97 Å². The van der Waals surface area contributed by atoms with Gasteiger partial charge in [0, 0.05) is 6.54 Å². The molecule has 21 heavy (non-hydrogen) atoms. The van der Waals surface area contributed by atoms with Gasteiger partial charge in [0.1, 0.15) is 12.3 Å². The molecular formula is C14H19NO5S. The second-order valence-corrected chi connectivity index (χ2v) is 6.89.